The number of aryl methyl sites for hydroxylation is 1. The number of benzene rings is 3. The molecule has 2 heterocycles. The summed E-state index contributed by atoms with van der Waals surface area (Å²) in [6.45, 7) is 2.37. The van der Waals surface area contributed by atoms with Gasteiger partial charge >= 0.3 is 0 Å². The maximum atomic E-state index is 13.3. The minimum atomic E-state index is -0.709. The highest BCUT2D eigenvalue weighted by Crippen LogP contribution is 2.24. The molecule has 0 unspecified atom stereocenters. The van der Waals surface area contributed by atoms with E-state index in [9.17, 15) is 14.0 Å². The largest absolute Gasteiger partial charge is 0.342 e. The van der Waals surface area contributed by atoms with Gasteiger partial charge in [-0.3, -0.25) is 14.6 Å². The van der Waals surface area contributed by atoms with Crippen LogP contribution in [0.2, 0.25) is 0 Å². The predicted molar refractivity (Wildman–Crippen MR) is 127 cm³/mol. The molecule has 2 aromatic heterocycles. The molecule has 3 aromatic carbocycles. The van der Waals surface area contributed by atoms with E-state index in [0.717, 1.165) is 27.7 Å². The highest BCUT2D eigenvalue weighted by molar-refractivity contribution is 6.48. The number of pyridine rings is 1. The van der Waals surface area contributed by atoms with Crippen LogP contribution in [-0.4, -0.2) is 21.2 Å². The summed E-state index contributed by atoms with van der Waals surface area (Å²) in [5.41, 5.74) is 4.30. The highest BCUT2D eigenvalue weighted by Gasteiger charge is 2.22. The monoisotopic (exact) mass is 437 g/mol. The topological polar surface area (TPSA) is 64.0 Å². The van der Waals surface area contributed by atoms with Gasteiger partial charge in [0.2, 0.25) is 0 Å². The van der Waals surface area contributed by atoms with E-state index in [2.05, 4.69) is 10.3 Å². The molecule has 6 heteroatoms. The number of halogens is 1. The molecule has 0 saturated heterocycles. The third-order valence-corrected chi connectivity index (χ3v) is 5.59. The predicted octanol–water partition coefficient (Wildman–Crippen LogP) is 5.51. The van der Waals surface area contributed by atoms with Crippen LogP contribution in [0.4, 0.5) is 10.1 Å². The van der Waals surface area contributed by atoms with Gasteiger partial charge in [0.15, 0.2) is 0 Å². The van der Waals surface area contributed by atoms with Crippen molar-refractivity contribution < 1.29 is 14.0 Å². The summed E-state index contributed by atoms with van der Waals surface area (Å²) in [6, 6.07) is 22.8. The Kier molecular flexibility index (Phi) is 5.18. The molecule has 5 nitrogen and oxygen atoms in total. The van der Waals surface area contributed by atoms with E-state index in [1.165, 1.54) is 12.1 Å². The first-order valence-corrected chi connectivity index (χ1v) is 10.5. The van der Waals surface area contributed by atoms with Gasteiger partial charge in [-0.2, -0.15) is 0 Å². The molecule has 5 aromatic rings. The van der Waals surface area contributed by atoms with E-state index >= 15 is 0 Å². The van der Waals surface area contributed by atoms with E-state index in [1.807, 2.05) is 54.0 Å². The molecule has 5 rings (SSSR count). The molecular formula is C27H20FN3O2. The zero-order valence-corrected chi connectivity index (χ0v) is 17.9. The lowest BCUT2D eigenvalue weighted by Gasteiger charge is -2.06. The van der Waals surface area contributed by atoms with Crippen molar-refractivity contribution in [2.24, 2.45) is 0 Å². The number of fused-ring (bicyclic) bond motifs is 2. The van der Waals surface area contributed by atoms with Gasteiger partial charge in [0.1, 0.15) is 5.82 Å². The second-order valence-corrected chi connectivity index (χ2v) is 7.96. The van der Waals surface area contributed by atoms with E-state index in [-0.39, 0.29) is 5.82 Å². The Bertz CT molecular complexity index is 1520. The summed E-state index contributed by atoms with van der Waals surface area (Å²) in [5.74, 6) is -1.63. The Morgan fingerprint density at radius 3 is 2.58 bits per heavy atom. The van der Waals surface area contributed by atoms with Gasteiger partial charge in [0.25, 0.3) is 11.7 Å². The molecule has 1 N–H and O–H groups in total. The molecule has 0 saturated carbocycles. The lowest BCUT2D eigenvalue weighted by molar-refractivity contribution is -0.112. The number of nitrogens with one attached hydrogen (secondary N) is 1. The fourth-order valence-electron chi connectivity index (χ4n) is 3.96. The minimum Gasteiger partial charge on any atom is -0.342 e. The number of para-hydroxylation sites is 1. The molecule has 1 amide bonds. The van der Waals surface area contributed by atoms with Crippen LogP contribution in [-0.2, 0) is 11.3 Å². The maximum absolute atomic E-state index is 13.3. The van der Waals surface area contributed by atoms with Crippen molar-refractivity contribution in [3.05, 3.63) is 108 Å². The van der Waals surface area contributed by atoms with Gasteiger partial charge in [-0.05, 0) is 55.0 Å². The van der Waals surface area contributed by atoms with E-state index in [4.69, 9.17) is 0 Å². The maximum Gasteiger partial charge on any atom is 0.296 e. The minimum absolute atomic E-state index is 0.303. The smallest absolute Gasteiger partial charge is 0.296 e. The molecule has 0 fully saturated rings. The van der Waals surface area contributed by atoms with Gasteiger partial charge in [-0.25, -0.2) is 4.39 Å². The number of hydrogen-bond acceptors (Lipinski definition) is 3. The quantitative estimate of drug-likeness (QED) is 0.291. The molecule has 0 radical (unpaired) electrons. The van der Waals surface area contributed by atoms with Gasteiger partial charge < -0.3 is 9.88 Å². The summed E-state index contributed by atoms with van der Waals surface area (Å²) in [4.78, 5) is 30.4. The van der Waals surface area contributed by atoms with Crippen LogP contribution in [0.25, 0.3) is 21.8 Å². The molecule has 0 atom stereocenters. The number of hydrogen-bond donors (Lipinski definition) is 1. The van der Waals surface area contributed by atoms with E-state index in [1.54, 1.807) is 30.5 Å². The number of amides is 1. The molecule has 162 valence electrons. The molecule has 0 spiro atoms. The van der Waals surface area contributed by atoms with Crippen molar-refractivity contribution in [2.75, 3.05) is 5.32 Å². The Labute approximate surface area is 189 Å². The molecule has 0 aliphatic heterocycles. The Hall–Kier alpha value is -4.32. The molecule has 0 aliphatic rings. The fraction of sp³-hybridized carbons (Fsp3) is 0.0741. The lowest BCUT2D eigenvalue weighted by atomic mass is 10.1. The average molecular weight is 437 g/mol. The van der Waals surface area contributed by atoms with Crippen molar-refractivity contribution in [3.8, 4) is 0 Å². The third-order valence-electron chi connectivity index (χ3n) is 5.59. The standard InChI is InChI=1S/C27H20FN3O2/c1-17-6-9-19-14-21(12-13-24(19)29-17)30-27(33)26(32)23-16-31(25-5-3-2-4-22(23)25)15-18-7-10-20(28)11-8-18/h2-14,16H,15H2,1H3,(H,30,33). The first-order valence-electron chi connectivity index (χ1n) is 10.5. The Balaban J connectivity index is 1.43. The number of carbonyl (C=O) groups excluding carboxylic acids is 2. The fourth-order valence-corrected chi connectivity index (χ4v) is 3.96. The van der Waals surface area contributed by atoms with Crippen molar-refractivity contribution in [3.63, 3.8) is 0 Å². The Morgan fingerprint density at radius 1 is 0.970 bits per heavy atom. The first-order chi connectivity index (χ1) is 16.0. The van der Waals surface area contributed by atoms with Gasteiger partial charge in [-0.15, -0.1) is 0 Å². The lowest BCUT2D eigenvalue weighted by Crippen LogP contribution is -2.22. The number of ketones is 1. The number of Topliss-reactive ketones (excluding diaryl/α,β-unsaturated/α-hetero) is 1. The average Bonchev–Trinajstić information content (AvgIpc) is 3.18. The van der Waals surface area contributed by atoms with Crippen LogP contribution in [0.5, 0.6) is 0 Å². The van der Waals surface area contributed by atoms with Crippen molar-refractivity contribution in [1.29, 1.82) is 0 Å². The number of aromatic nitrogens is 2. The normalized spacial score (nSPS) is 11.1. The summed E-state index contributed by atoms with van der Waals surface area (Å²) >= 11 is 0. The molecule has 33 heavy (non-hydrogen) atoms. The summed E-state index contributed by atoms with van der Waals surface area (Å²) < 4.78 is 15.2. The third kappa shape index (κ3) is 4.11. The zero-order chi connectivity index (χ0) is 22.9. The van der Waals surface area contributed by atoms with Crippen LogP contribution >= 0.6 is 0 Å². The number of anilines is 1. The zero-order valence-electron chi connectivity index (χ0n) is 17.9. The van der Waals surface area contributed by atoms with Gasteiger partial charge in [0, 0.05) is 40.4 Å². The second kappa shape index (κ2) is 8.31. The number of carbonyl (C=O) groups is 2. The molecule has 0 aliphatic carbocycles. The summed E-state index contributed by atoms with van der Waals surface area (Å²) in [7, 11) is 0. The molecular weight excluding hydrogens is 417 g/mol. The van der Waals surface area contributed by atoms with Crippen LogP contribution in [0, 0.1) is 12.7 Å². The number of nitrogens with zero attached hydrogens (tertiary/aromatic N) is 2. The van der Waals surface area contributed by atoms with Crippen molar-refractivity contribution in [2.45, 2.75) is 13.5 Å². The molecule has 0 bridgehead atoms. The summed E-state index contributed by atoms with van der Waals surface area (Å²) in [6.07, 6.45) is 1.68. The van der Waals surface area contributed by atoms with Crippen LogP contribution < -0.4 is 5.32 Å². The first kappa shape index (κ1) is 20.6. The van der Waals surface area contributed by atoms with E-state index < -0.39 is 11.7 Å². The van der Waals surface area contributed by atoms with Crippen LogP contribution in [0.3, 0.4) is 0 Å². The SMILES string of the molecule is Cc1ccc2cc(NC(=O)C(=O)c3cn(Cc4ccc(F)cc4)c4ccccc34)ccc2n1. The summed E-state index contributed by atoms with van der Waals surface area (Å²) in [5, 5.41) is 4.28. The van der Waals surface area contributed by atoms with Gasteiger partial charge in [-0.1, -0.05) is 36.4 Å². The van der Waals surface area contributed by atoms with Gasteiger partial charge in [0.05, 0.1) is 11.1 Å². The van der Waals surface area contributed by atoms with Crippen molar-refractivity contribution in [1.82, 2.24) is 9.55 Å². The van der Waals surface area contributed by atoms with Crippen molar-refractivity contribution >= 4 is 39.2 Å². The number of rotatable bonds is 5. The van der Waals surface area contributed by atoms with E-state index in [0.29, 0.717) is 23.2 Å². The highest BCUT2D eigenvalue weighted by atomic mass is 19.1. The van der Waals surface area contributed by atoms with Crippen LogP contribution in [0.15, 0.2) is 85.1 Å². The van der Waals surface area contributed by atoms with Crippen LogP contribution in [0.1, 0.15) is 21.6 Å². The Morgan fingerprint density at radius 2 is 1.76 bits per heavy atom. The second-order valence-electron chi connectivity index (χ2n) is 7.96.